The van der Waals surface area contributed by atoms with Gasteiger partial charge in [-0.2, -0.15) is 0 Å². The lowest BCUT2D eigenvalue weighted by atomic mass is 10.0. The van der Waals surface area contributed by atoms with Gasteiger partial charge in [0.2, 0.25) is 5.91 Å². The summed E-state index contributed by atoms with van der Waals surface area (Å²) in [6.07, 6.45) is 0.564. The molecule has 6 rings (SSSR count). The largest absolute Gasteiger partial charge is 0.445 e. The van der Waals surface area contributed by atoms with E-state index in [4.69, 9.17) is 14.2 Å². The molecule has 0 aliphatic carbocycles. The number of carbonyl (C=O) groups is 3. The Hall–Kier alpha value is -4.55. The lowest BCUT2D eigenvalue weighted by Gasteiger charge is -2.36. The van der Waals surface area contributed by atoms with Gasteiger partial charge >= 0.3 is 6.09 Å². The Morgan fingerprint density at radius 1 is 0.894 bits per heavy atom. The number of thioether (sulfide) groups is 1. The van der Waals surface area contributed by atoms with Gasteiger partial charge in [0.25, 0.3) is 5.91 Å². The van der Waals surface area contributed by atoms with Gasteiger partial charge in [-0.3, -0.25) is 14.5 Å². The summed E-state index contributed by atoms with van der Waals surface area (Å²) in [5, 5.41) is 12.9. The van der Waals surface area contributed by atoms with Crippen molar-refractivity contribution >= 4 is 29.7 Å². The highest BCUT2D eigenvalue weighted by Crippen LogP contribution is 2.39. The van der Waals surface area contributed by atoms with Crippen molar-refractivity contribution in [1.82, 2.24) is 15.2 Å². The SMILES string of the molecule is O=C(NC1CC(=O)N(Cc2ccc([C@H]3O[C@@H](CSc4ccccn4)C[C@@H](c4ccc(CO)cc4)O3)cc2)C1=O)OCc1ccccc1. The highest BCUT2D eigenvalue weighted by atomic mass is 32.2. The number of hydrogen-bond donors (Lipinski definition) is 2. The van der Waals surface area contributed by atoms with Gasteiger partial charge in [0.05, 0.1) is 36.8 Å². The van der Waals surface area contributed by atoms with Crippen LogP contribution in [0.3, 0.4) is 0 Å². The first-order valence-electron chi connectivity index (χ1n) is 15.4. The Morgan fingerprint density at radius 3 is 2.34 bits per heavy atom. The second-order valence-electron chi connectivity index (χ2n) is 11.4. The molecule has 1 unspecified atom stereocenters. The Balaban J connectivity index is 1.08. The number of rotatable bonds is 11. The van der Waals surface area contributed by atoms with E-state index >= 15 is 0 Å². The van der Waals surface area contributed by atoms with Gasteiger partial charge in [0.15, 0.2) is 6.29 Å². The Bertz CT molecular complexity index is 1660. The van der Waals surface area contributed by atoms with E-state index in [1.807, 2.05) is 97.1 Å². The summed E-state index contributed by atoms with van der Waals surface area (Å²) >= 11 is 1.63. The summed E-state index contributed by atoms with van der Waals surface area (Å²) in [7, 11) is 0. The van der Waals surface area contributed by atoms with Gasteiger partial charge in [0, 0.05) is 23.9 Å². The number of aliphatic hydroxyl groups excluding tert-OH is 1. The molecule has 3 heterocycles. The molecule has 242 valence electrons. The normalized spacial score (nSPS) is 21.1. The topological polar surface area (TPSA) is 127 Å². The maximum absolute atomic E-state index is 13.0. The molecular weight excluding hydrogens is 618 g/mol. The van der Waals surface area contributed by atoms with E-state index in [9.17, 15) is 19.5 Å². The van der Waals surface area contributed by atoms with Crippen LogP contribution in [0.25, 0.3) is 0 Å². The number of nitrogens with one attached hydrogen (secondary N) is 1. The summed E-state index contributed by atoms with van der Waals surface area (Å²) in [5.41, 5.74) is 4.19. The van der Waals surface area contributed by atoms with Crippen molar-refractivity contribution in [2.24, 2.45) is 0 Å². The minimum Gasteiger partial charge on any atom is -0.445 e. The first-order chi connectivity index (χ1) is 22.9. The van der Waals surface area contributed by atoms with Crippen molar-refractivity contribution in [2.45, 2.75) is 62.2 Å². The fourth-order valence-electron chi connectivity index (χ4n) is 5.47. The van der Waals surface area contributed by atoms with E-state index in [1.165, 1.54) is 0 Å². The fourth-order valence-corrected chi connectivity index (χ4v) is 6.35. The van der Waals surface area contributed by atoms with Crippen molar-refractivity contribution in [3.05, 3.63) is 131 Å². The summed E-state index contributed by atoms with van der Waals surface area (Å²) in [6, 6.07) is 29.2. The van der Waals surface area contributed by atoms with Crippen molar-refractivity contribution in [1.29, 1.82) is 0 Å². The molecule has 0 radical (unpaired) electrons. The quantitative estimate of drug-likeness (QED) is 0.160. The molecule has 47 heavy (non-hydrogen) atoms. The molecule has 3 aromatic carbocycles. The van der Waals surface area contributed by atoms with Gasteiger partial charge in [-0.05, 0) is 34.4 Å². The molecular formula is C36H35N3O7S. The number of amides is 3. The third-order valence-corrected chi connectivity index (χ3v) is 9.09. The van der Waals surface area contributed by atoms with Gasteiger partial charge in [-0.25, -0.2) is 9.78 Å². The van der Waals surface area contributed by atoms with Crippen LogP contribution in [0.4, 0.5) is 4.79 Å². The zero-order valence-electron chi connectivity index (χ0n) is 25.6. The predicted molar refractivity (Wildman–Crippen MR) is 174 cm³/mol. The summed E-state index contributed by atoms with van der Waals surface area (Å²) < 4.78 is 18.1. The van der Waals surface area contributed by atoms with E-state index in [2.05, 4.69) is 10.3 Å². The molecule has 11 heteroatoms. The van der Waals surface area contributed by atoms with E-state index in [-0.39, 0.29) is 44.3 Å². The summed E-state index contributed by atoms with van der Waals surface area (Å²) in [5.74, 6) is -0.151. The van der Waals surface area contributed by atoms with Crippen LogP contribution in [0.5, 0.6) is 0 Å². The molecule has 2 saturated heterocycles. The first-order valence-corrected chi connectivity index (χ1v) is 16.4. The molecule has 0 saturated carbocycles. The third-order valence-electron chi connectivity index (χ3n) is 8.01. The molecule has 4 aromatic rings. The Morgan fingerprint density at radius 2 is 1.62 bits per heavy atom. The fraction of sp³-hybridized carbons (Fsp3) is 0.278. The van der Waals surface area contributed by atoms with Gasteiger partial charge in [-0.1, -0.05) is 84.9 Å². The predicted octanol–water partition coefficient (Wildman–Crippen LogP) is 5.47. The number of likely N-dealkylation sites (tertiary alicyclic amines) is 1. The molecule has 3 amide bonds. The third kappa shape index (κ3) is 8.44. The number of hydrogen-bond acceptors (Lipinski definition) is 9. The number of imide groups is 1. The van der Waals surface area contributed by atoms with Crippen molar-refractivity contribution in [3.63, 3.8) is 0 Å². The van der Waals surface area contributed by atoms with Crippen LogP contribution in [0.2, 0.25) is 0 Å². The van der Waals surface area contributed by atoms with E-state index in [1.54, 1.807) is 18.0 Å². The van der Waals surface area contributed by atoms with Crippen LogP contribution in [0.15, 0.2) is 108 Å². The summed E-state index contributed by atoms with van der Waals surface area (Å²) in [6.45, 7) is 0.109. The molecule has 4 atom stereocenters. The van der Waals surface area contributed by atoms with Crippen LogP contribution in [-0.4, -0.2) is 50.8 Å². The molecule has 2 aliphatic rings. The number of carbonyl (C=O) groups excluding carboxylic acids is 3. The summed E-state index contributed by atoms with van der Waals surface area (Å²) in [4.78, 5) is 43.6. The number of benzene rings is 3. The Kier molecular flexibility index (Phi) is 10.6. The Labute approximate surface area is 277 Å². The zero-order chi connectivity index (χ0) is 32.6. The van der Waals surface area contributed by atoms with Crippen LogP contribution >= 0.6 is 11.8 Å². The monoisotopic (exact) mass is 653 g/mol. The van der Waals surface area contributed by atoms with Crippen LogP contribution in [-0.2, 0) is 43.6 Å². The molecule has 1 aromatic heterocycles. The molecule has 2 N–H and O–H groups in total. The number of ether oxygens (including phenoxy) is 3. The minimum absolute atomic E-state index is 0.0275. The first kappa shape index (κ1) is 32.4. The number of pyridine rings is 1. The highest BCUT2D eigenvalue weighted by molar-refractivity contribution is 7.99. The lowest BCUT2D eigenvalue weighted by molar-refractivity contribution is -0.245. The van der Waals surface area contributed by atoms with Gasteiger partial charge in [-0.15, -0.1) is 11.8 Å². The standard InChI is InChI=1S/C36H35N3O7S/c40-21-25-11-13-27(14-12-25)31-18-29(23-47-32-8-4-5-17-37-32)45-35(46-31)28-15-9-24(10-16-28)20-39-33(41)19-30(34(39)42)38-36(43)44-22-26-6-2-1-3-7-26/h1-17,29-31,35,40H,18-23H2,(H,38,43)/t29-,30?,31+,35+/m1/s1. The van der Waals surface area contributed by atoms with Crippen LogP contribution < -0.4 is 5.32 Å². The van der Waals surface area contributed by atoms with Gasteiger partial charge in [0.1, 0.15) is 12.6 Å². The number of aliphatic hydroxyl groups is 1. The zero-order valence-corrected chi connectivity index (χ0v) is 26.4. The molecule has 10 nitrogen and oxygen atoms in total. The van der Waals surface area contributed by atoms with E-state index in [0.29, 0.717) is 12.2 Å². The van der Waals surface area contributed by atoms with Crippen molar-refractivity contribution < 1.29 is 33.7 Å². The maximum atomic E-state index is 13.0. The number of alkyl carbamates (subject to hydrolysis) is 1. The van der Waals surface area contributed by atoms with Crippen LogP contribution in [0.1, 0.15) is 53.1 Å². The minimum atomic E-state index is -0.974. The smallest absolute Gasteiger partial charge is 0.408 e. The van der Waals surface area contributed by atoms with Gasteiger partial charge < -0.3 is 24.6 Å². The average molecular weight is 654 g/mol. The molecule has 2 fully saturated rings. The molecule has 0 bridgehead atoms. The van der Waals surface area contributed by atoms with Crippen molar-refractivity contribution in [3.8, 4) is 0 Å². The maximum Gasteiger partial charge on any atom is 0.408 e. The number of nitrogens with zero attached hydrogens (tertiary/aromatic N) is 2. The van der Waals surface area contributed by atoms with E-state index < -0.39 is 24.3 Å². The lowest BCUT2D eigenvalue weighted by Crippen LogP contribution is -2.41. The van der Waals surface area contributed by atoms with Crippen LogP contribution in [0, 0.1) is 0 Å². The second kappa shape index (κ2) is 15.4. The highest BCUT2D eigenvalue weighted by Gasteiger charge is 2.40. The van der Waals surface area contributed by atoms with E-state index in [0.717, 1.165) is 37.7 Å². The second-order valence-corrected chi connectivity index (χ2v) is 12.4. The van der Waals surface area contributed by atoms with Crippen molar-refractivity contribution in [2.75, 3.05) is 5.75 Å². The average Bonchev–Trinajstić information content (AvgIpc) is 3.38. The number of aromatic nitrogens is 1. The molecule has 0 spiro atoms. The molecule has 2 aliphatic heterocycles.